The first-order valence-electron chi connectivity index (χ1n) is 10.3. The van der Waals surface area contributed by atoms with E-state index in [-0.39, 0.29) is 45.6 Å². The van der Waals surface area contributed by atoms with Crippen LogP contribution in [0.25, 0.3) is 0 Å². The van der Waals surface area contributed by atoms with Gasteiger partial charge >= 0.3 is 0 Å². The van der Waals surface area contributed by atoms with Crippen molar-refractivity contribution in [2.24, 2.45) is 0 Å². The zero-order chi connectivity index (χ0) is 25.1. The average Bonchev–Trinajstić information content (AvgIpc) is 3.29. The van der Waals surface area contributed by atoms with Crippen LogP contribution in [0.2, 0.25) is 0 Å². The molecule has 0 aromatic carbocycles. The number of carbonyl (C=O) groups is 8. The Kier molecular flexibility index (Phi) is 9.61. The maximum Gasteiger partial charge on any atom is 0.253 e. The van der Waals surface area contributed by atoms with Crippen LogP contribution in [0, 0.1) is 0 Å². The van der Waals surface area contributed by atoms with Gasteiger partial charge in [0.15, 0.2) is 0 Å². The summed E-state index contributed by atoms with van der Waals surface area (Å²) < 4.78 is 0. The Balaban J connectivity index is 1.48. The summed E-state index contributed by atoms with van der Waals surface area (Å²) in [6, 6.07) is 0. The summed E-state index contributed by atoms with van der Waals surface area (Å²) in [6.07, 6.45) is 4.28. The molecular formula is C20H24N6O8. The van der Waals surface area contributed by atoms with Gasteiger partial charge in [-0.05, 0) is 0 Å². The summed E-state index contributed by atoms with van der Waals surface area (Å²) in [5.74, 6) is -4.03. The molecule has 0 spiro atoms. The minimum absolute atomic E-state index is 0.00318. The predicted molar refractivity (Wildman–Crippen MR) is 113 cm³/mol. The molecule has 0 unspecified atom stereocenters. The molecule has 14 heteroatoms. The van der Waals surface area contributed by atoms with Crippen LogP contribution in [-0.2, 0) is 38.4 Å². The Bertz CT molecular complexity index is 921. The second-order valence-corrected chi connectivity index (χ2v) is 7.08. The zero-order valence-corrected chi connectivity index (χ0v) is 18.1. The fourth-order valence-corrected chi connectivity index (χ4v) is 2.80. The molecule has 34 heavy (non-hydrogen) atoms. The van der Waals surface area contributed by atoms with E-state index < -0.39 is 53.8 Å². The highest BCUT2D eigenvalue weighted by atomic mass is 16.2. The smallest absolute Gasteiger partial charge is 0.253 e. The van der Waals surface area contributed by atoms with E-state index in [2.05, 4.69) is 21.3 Å². The Morgan fingerprint density at radius 1 is 0.529 bits per heavy atom. The number of hydrogen-bond donors (Lipinski definition) is 4. The van der Waals surface area contributed by atoms with Crippen LogP contribution in [0.15, 0.2) is 24.3 Å². The number of nitrogens with one attached hydrogen (secondary N) is 4. The van der Waals surface area contributed by atoms with Crippen molar-refractivity contribution in [3.8, 4) is 0 Å². The lowest BCUT2D eigenvalue weighted by molar-refractivity contribution is -0.138. The van der Waals surface area contributed by atoms with E-state index >= 15 is 0 Å². The molecule has 2 heterocycles. The van der Waals surface area contributed by atoms with Gasteiger partial charge in [0, 0.05) is 63.3 Å². The van der Waals surface area contributed by atoms with Crippen molar-refractivity contribution in [2.75, 3.05) is 39.3 Å². The van der Waals surface area contributed by atoms with Crippen molar-refractivity contribution in [1.82, 2.24) is 31.1 Å². The topological polar surface area (TPSA) is 191 Å². The molecule has 8 amide bonds. The Labute approximate surface area is 193 Å². The van der Waals surface area contributed by atoms with Gasteiger partial charge in [0.2, 0.25) is 23.6 Å². The third-order valence-corrected chi connectivity index (χ3v) is 4.59. The van der Waals surface area contributed by atoms with Gasteiger partial charge in [-0.25, -0.2) is 0 Å². The standard InChI is InChI=1S/C20H24N6O8/c27-13(22-8-10-26-19(33)3-4-20(26)34)5-7-21-15(29)11-24-16(30)12-23-14(28)6-9-25-17(31)1-2-18(25)32/h1-4H,5-12H2,(H,21,29)(H,22,27)(H,23,28)(H,24,30). The lowest BCUT2D eigenvalue weighted by Crippen LogP contribution is -2.43. The third kappa shape index (κ3) is 8.29. The van der Waals surface area contributed by atoms with Crippen molar-refractivity contribution in [3.63, 3.8) is 0 Å². The molecule has 0 bridgehead atoms. The van der Waals surface area contributed by atoms with Crippen LogP contribution in [-0.4, -0.2) is 96.3 Å². The van der Waals surface area contributed by atoms with E-state index in [1.807, 2.05) is 0 Å². The molecule has 4 N–H and O–H groups in total. The third-order valence-electron chi connectivity index (χ3n) is 4.59. The number of carbonyl (C=O) groups excluding carboxylic acids is 8. The van der Waals surface area contributed by atoms with Crippen molar-refractivity contribution in [3.05, 3.63) is 24.3 Å². The molecule has 2 aliphatic rings. The van der Waals surface area contributed by atoms with E-state index in [0.29, 0.717) is 0 Å². The average molecular weight is 476 g/mol. The van der Waals surface area contributed by atoms with Crippen LogP contribution in [0.4, 0.5) is 0 Å². The second kappa shape index (κ2) is 12.6. The largest absolute Gasteiger partial charge is 0.354 e. The molecule has 0 saturated heterocycles. The minimum Gasteiger partial charge on any atom is -0.354 e. The molecule has 182 valence electrons. The number of amides is 8. The Morgan fingerprint density at radius 3 is 1.50 bits per heavy atom. The molecule has 0 fully saturated rings. The summed E-state index contributed by atoms with van der Waals surface area (Å²) in [4.78, 5) is 94.3. The molecule has 14 nitrogen and oxygen atoms in total. The number of hydrogen-bond acceptors (Lipinski definition) is 8. The van der Waals surface area contributed by atoms with Crippen LogP contribution in [0.1, 0.15) is 12.8 Å². The number of nitrogens with zero attached hydrogens (tertiary/aromatic N) is 2. The maximum atomic E-state index is 11.7. The molecule has 2 aliphatic heterocycles. The predicted octanol–water partition coefficient (Wildman–Crippen LogP) is -3.92. The molecule has 0 radical (unpaired) electrons. The van der Waals surface area contributed by atoms with Gasteiger partial charge in [0.05, 0.1) is 13.1 Å². The van der Waals surface area contributed by atoms with Crippen LogP contribution >= 0.6 is 0 Å². The van der Waals surface area contributed by atoms with Crippen molar-refractivity contribution < 1.29 is 38.4 Å². The summed E-state index contributed by atoms with van der Waals surface area (Å²) >= 11 is 0. The summed E-state index contributed by atoms with van der Waals surface area (Å²) in [5.41, 5.74) is 0. The van der Waals surface area contributed by atoms with Gasteiger partial charge in [-0.2, -0.15) is 0 Å². The van der Waals surface area contributed by atoms with E-state index in [1.165, 1.54) is 0 Å². The minimum atomic E-state index is -0.628. The molecule has 0 atom stereocenters. The maximum absolute atomic E-state index is 11.7. The lowest BCUT2D eigenvalue weighted by atomic mass is 10.3. The van der Waals surface area contributed by atoms with Crippen molar-refractivity contribution in [2.45, 2.75) is 12.8 Å². The summed E-state index contributed by atoms with van der Waals surface area (Å²) in [7, 11) is 0. The van der Waals surface area contributed by atoms with Gasteiger partial charge < -0.3 is 21.3 Å². The highest BCUT2D eigenvalue weighted by Gasteiger charge is 2.24. The first-order chi connectivity index (χ1) is 16.2. The highest BCUT2D eigenvalue weighted by Crippen LogP contribution is 2.04. The molecule has 0 aromatic heterocycles. The fourth-order valence-electron chi connectivity index (χ4n) is 2.80. The fraction of sp³-hybridized carbons (Fsp3) is 0.400. The van der Waals surface area contributed by atoms with Gasteiger partial charge in [0.25, 0.3) is 23.6 Å². The van der Waals surface area contributed by atoms with E-state index in [1.54, 1.807) is 0 Å². The van der Waals surface area contributed by atoms with Crippen LogP contribution in [0.5, 0.6) is 0 Å². The van der Waals surface area contributed by atoms with Gasteiger partial charge in [-0.3, -0.25) is 48.2 Å². The molecule has 2 rings (SSSR count). The van der Waals surface area contributed by atoms with Crippen LogP contribution in [0.3, 0.4) is 0 Å². The van der Waals surface area contributed by atoms with Crippen LogP contribution < -0.4 is 21.3 Å². The summed E-state index contributed by atoms with van der Waals surface area (Å²) in [5, 5.41) is 9.55. The highest BCUT2D eigenvalue weighted by molar-refractivity contribution is 6.13. The van der Waals surface area contributed by atoms with E-state index in [9.17, 15) is 38.4 Å². The monoisotopic (exact) mass is 476 g/mol. The quantitative estimate of drug-likeness (QED) is 0.194. The first kappa shape index (κ1) is 25.9. The van der Waals surface area contributed by atoms with Gasteiger partial charge in [0.1, 0.15) is 0 Å². The lowest BCUT2D eigenvalue weighted by Gasteiger charge is -2.14. The van der Waals surface area contributed by atoms with Gasteiger partial charge in [-0.15, -0.1) is 0 Å². The number of rotatable bonds is 13. The number of imide groups is 2. The zero-order valence-electron chi connectivity index (χ0n) is 18.1. The van der Waals surface area contributed by atoms with E-state index in [4.69, 9.17) is 0 Å². The first-order valence-corrected chi connectivity index (χ1v) is 10.3. The van der Waals surface area contributed by atoms with Crippen molar-refractivity contribution in [1.29, 1.82) is 0 Å². The molecule has 0 aromatic rings. The second-order valence-electron chi connectivity index (χ2n) is 7.08. The van der Waals surface area contributed by atoms with Crippen molar-refractivity contribution >= 4 is 47.3 Å². The Morgan fingerprint density at radius 2 is 0.941 bits per heavy atom. The normalized spacial score (nSPS) is 14.6. The van der Waals surface area contributed by atoms with E-state index in [0.717, 1.165) is 34.1 Å². The molecule has 0 aliphatic carbocycles. The molecular weight excluding hydrogens is 452 g/mol. The van der Waals surface area contributed by atoms with Gasteiger partial charge in [-0.1, -0.05) is 0 Å². The Hall–Kier alpha value is -4.36. The SMILES string of the molecule is O=C(CCNC(=O)CNC(=O)CNC(=O)CCN1C(=O)C=CC1=O)NCCN1C(=O)C=CC1=O. The molecule has 0 saturated carbocycles. The summed E-state index contributed by atoms with van der Waals surface area (Å²) in [6.45, 7) is -0.757.